The lowest BCUT2D eigenvalue weighted by atomic mass is 10.1. The van der Waals surface area contributed by atoms with Gasteiger partial charge in [0, 0.05) is 49.3 Å². The summed E-state index contributed by atoms with van der Waals surface area (Å²) >= 11 is 8.14. The minimum absolute atomic E-state index is 0.0870. The van der Waals surface area contributed by atoms with Gasteiger partial charge in [-0.1, -0.05) is 29.8 Å². The molecule has 0 aliphatic carbocycles. The van der Waals surface area contributed by atoms with Crippen LogP contribution in [0.15, 0.2) is 35.8 Å². The average Bonchev–Trinajstić information content (AvgIpc) is 3.44. The number of hydrogen-bond acceptors (Lipinski definition) is 6. The molecule has 2 saturated heterocycles. The van der Waals surface area contributed by atoms with Crippen molar-refractivity contribution in [1.29, 1.82) is 0 Å². The fraction of sp³-hybridized carbons (Fsp3) is 0.524. The monoisotopic (exact) mass is 433 g/mol. The molecule has 1 aromatic heterocycles. The maximum Gasteiger partial charge on any atom is 0.234 e. The van der Waals surface area contributed by atoms with Crippen LogP contribution in [-0.4, -0.2) is 73.0 Å². The molecule has 1 atom stereocenters. The molecule has 6 nitrogen and oxygen atoms in total. The van der Waals surface area contributed by atoms with E-state index < -0.39 is 0 Å². The predicted octanol–water partition coefficient (Wildman–Crippen LogP) is 2.87. The summed E-state index contributed by atoms with van der Waals surface area (Å²) in [5.41, 5.74) is 1.11. The summed E-state index contributed by atoms with van der Waals surface area (Å²) in [6.07, 6.45) is 4.26. The van der Waals surface area contributed by atoms with Crippen molar-refractivity contribution in [3.05, 3.63) is 46.4 Å². The first-order valence-corrected chi connectivity index (χ1v) is 11.6. The van der Waals surface area contributed by atoms with Gasteiger partial charge in [0.25, 0.3) is 0 Å². The number of thiazole rings is 1. The number of benzene rings is 1. The Hall–Kier alpha value is -1.67. The van der Waals surface area contributed by atoms with Gasteiger partial charge in [-0.2, -0.15) is 0 Å². The summed E-state index contributed by atoms with van der Waals surface area (Å²) in [6, 6.07) is 8.13. The Morgan fingerprint density at radius 3 is 2.59 bits per heavy atom. The molecule has 0 saturated carbocycles. The van der Waals surface area contributed by atoms with E-state index in [0.717, 1.165) is 55.0 Å². The van der Waals surface area contributed by atoms with Crippen LogP contribution in [0.4, 0.5) is 5.13 Å². The number of piperazine rings is 1. The molecule has 0 bridgehead atoms. The Morgan fingerprint density at radius 2 is 1.90 bits per heavy atom. The number of nitrogens with zero attached hydrogens (tertiary/aromatic N) is 4. The van der Waals surface area contributed by atoms with Gasteiger partial charge in [-0.3, -0.25) is 14.6 Å². The number of nitrogens with one attached hydrogen (secondary N) is 1. The van der Waals surface area contributed by atoms with E-state index in [0.29, 0.717) is 13.1 Å². The Labute approximate surface area is 181 Å². The molecular formula is C21H28ClN5OS. The first kappa shape index (κ1) is 20.6. The molecule has 1 unspecified atom stereocenters. The summed E-state index contributed by atoms with van der Waals surface area (Å²) in [6.45, 7) is 6.76. The van der Waals surface area contributed by atoms with Gasteiger partial charge < -0.3 is 10.2 Å². The van der Waals surface area contributed by atoms with Crippen LogP contribution in [0.2, 0.25) is 5.02 Å². The highest BCUT2D eigenvalue weighted by molar-refractivity contribution is 7.13. The van der Waals surface area contributed by atoms with E-state index in [1.54, 1.807) is 11.3 Å². The third kappa shape index (κ3) is 5.28. The predicted molar refractivity (Wildman–Crippen MR) is 119 cm³/mol. The first-order valence-electron chi connectivity index (χ1n) is 10.3. The van der Waals surface area contributed by atoms with Crippen molar-refractivity contribution in [2.24, 2.45) is 0 Å². The van der Waals surface area contributed by atoms with Crippen molar-refractivity contribution in [3.8, 4) is 0 Å². The van der Waals surface area contributed by atoms with Crippen LogP contribution in [-0.2, 0) is 4.79 Å². The molecule has 2 aliphatic rings. The molecule has 0 radical (unpaired) electrons. The Kier molecular flexibility index (Phi) is 7.02. The number of rotatable bonds is 7. The molecule has 1 N–H and O–H groups in total. The van der Waals surface area contributed by atoms with Gasteiger partial charge in [-0.15, -0.1) is 11.3 Å². The van der Waals surface area contributed by atoms with E-state index in [2.05, 4.69) is 31.1 Å². The highest BCUT2D eigenvalue weighted by atomic mass is 35.5. The summed E-state index contributed by atoms with van der Waals surface area (Å²) in [7, 11) is 0. The minimum atomic E-state index is 0.0870. The van der Waals surface area contributed by atoms with Gasteiger partial charge in [0.05, 0.1) is 12.6 Å². The average molecular weight is 434 g/mol. The van der Waals surface area contributed by atoms with E-state index in [1.807, 2.05) is 29.8 Å². The molecule has 3 heterocycles. The van der Waals surface area contributed by atoms with Crippen LogP contribution in [0.3, 0.4) is 0 Å². The van der Waals surface area contributed by atoms with Crippen molar-refractivity contribution in [3.63, 3.8) is 0 Å². The molecule has 2 fully saturated rings. The molecule has 29 heavy (non-hydrogen) atoms. The standard InChI is InChI=1S/C21H28ClN5OS/c22-18-6-2-1-5-17(18)19(26-8-3-4-9-26)15-24-20(28)16-25-10-12-27(13-11-25)21-23-7-14-29-21/h1-2,5-7,14,19H,3-4,8-13,15-16H2,(H,24,28). The van der Waals surface area contributed by atoms with Crippen molar-refractivity contribution < 1.29 is 4.79 Å². The van der Waals surface area contributed by atoms with Crippen molar-refractivity contribution >= 4 is 34.0 Å². The zero-order chi connectivity index (χ0) is 20.1. The number of carbonyl (C=O) groups is 1. The van der Waals surface area contributed by atoms with Gasteiger partial charge in [-0.05, 0) is 37.6 Å². The van der Waals surface area contributed by atoms with Crippen LogP contribution < -0.4 is 10.2 Å². The van der Waals surface area contributed by atoms with Crippen molar-refractivity contribution in [2.75, 3.05) is 57.3 Å². The fourth-order valence-corrected chi connectivity index (χ4v) is 5.13. The molecule has 0 spiro atoms. The van der Waals surface area contributed by atoms with Gasteiger partial charge in [0.15, 0.2) is 5.13 Å². The zero-order valence-corrected chi connectivity index (χ0v) is 18.2. The quantitative estimate of drug-likeness (QED) is 0.727. The molecule has 8 heteroatoms. The lowest BCUT2D eigenvalue weighted by Gasteiger charge is -2.34. The molecule has 156 valence electrons. The van der Waals surface area contributed by atoms with Crippen LogP contribution in [0, 0.1) is 0 Å². The van der Waals surface area contributed by atoms with Gasteiger partial charge in [-0.25, -0.2) is 4.98 Å². The number of halogens is 1. The summed E-state index contributed by atoms with van der Waals surface area (Å²) in [5.74, 6) is 0.0870. The topological polar surface area (TPSA) is 51.7 Å². The number of likely N-dealkylation sites (tertiary alicyclic amines) is 1. The number of aromatic nitrogens is 1. The number of anilines is 1. The van der Waals surface area contributed by atoms with Crippen LogP contribution >= 0.6 is 22.9 Å². The van der Waals surface area contributed by atoms with E-state index in [9.17, 15) is 4.79 Å². The molecule has 1 aromatic carbocycles. The minimum Gasteiger partial charge on any atom is -0.353 e. The number of amides is 1. The van der Waals surface area contributed by atoms with Crippen LogP contribution in [0.1, 0.15) is 24.4 Å². The normalized spacial score (nSPS) is 19.4. The molecule has 1 amide bonds. The summed E-state index contributed by atoms with van der Waals surface area (Å²) in [4.78, 5) is 24.0. The second-order valence-corrected chi connectivity index (χ2v) is 8.94. The van der Waals surface area contributed by atoms with Crippen molar-refractivity contribution in [1.82, 2.24) is 20.1 Å². The maximum atomic E-state index is 12.6. The largest absolute Gasteiger partial charge is 0.353 e. The lowest BCUT2D eigenvalue weighted by molar-refractivity contribution is -0.122. The Balaban J connectivity index is 1.29. The molecule has 2 aliphatic heterocycles. The van der Waals surface area contributed by atoms with Crippen LogP contribution in [0.5, 0.6) is 0 Å². The van der Waals surface area contributed by atoms with Crippen LogP contribution in [0.25, 0.3) is 0 Å². The Bertz CT molecular complexity index is 788. The number of hydrogen-bond donors (Lipinski definition) is 1. The zero-order valence-electron chi connectivity index (χ0n) is 16.6. The molecule has 4 rings (SSSR count). The first-order chi connectivity index (χ1) is 14.2. The fourth-order valence-electron chi connectivity index (χ4n) is 4.17. The van der Waals surface area contributed by atoms with Gasteiger partial charge >= 0.3 is 0 Å². The third-order valence-corrected chi connectivity index (χ3v) is 6.94. The highest BCUT2D eigenvalue weighted by Gasteiger charge is 2.26. The second-order valence-electron chi connectivity index (χ2n) is 7.66. The van der Waals surface area contributed by atoms with E-state index >= 15 is 0 Å². The maximum absolute atomic E-state index is 12.6. The van der Waals surface area contributed by atoms with E-state index in [4.69, 9.17) is 11.6 Å². The smallest absolute Gasteiger partial charge is 0.234 e. The summed E-state index contributed by atoms with van der Waals surface area (Å²) < 4.78 is 0. The van der Waals surface area contributed by atoms with Gasteiger partial charge in [0.2, 0.25) is 5.91 Å². The molecule has 2 aromatic rings. The Morgan fingerprint density at radius 1 is 1.14 bits per heavy atom. The second kappa shape index (κ2) is 9.89. The van der Waals surface area contributed by atoms with Crippen molar-refractivity contribution in [2.45, 2.75) is 18.9 Å². The lowest BCUT2D eigenvalue weighted by Crippen LogP contribution is -2.50. The molecular weight excluding hydrogens is 406 g/mol. The van der Waals surface area contributed by atoms with E-state index in [-0.39, 0.29) is 11.9 Å². The summed E-state index contributed by atoms with van der Waals surface area (Å²) in [5, 5.41) is 7.02. The SMILES string of the molecule is O=C(CN1CCN(c2nccs2)CC1)NCC(c1ccccc1Cl)N1CCCC1. The number of carbonyl (C=O) groups excluding carboxylic acids is 1. The third-order valence-electron chi connectivity index (χ3n) is 5.77. The van der Waals surface area contributed by atoms with E-state index in [1.165, 1.54) is 12.8 Å². The van der Waals surface area contributed by atoms with Gasteiger partial charge in [0.1, 0.15) is 0 Å². The highest BCUT2D eigenvalue weighted by Crippen LogP contribution is 2.29.